The molecule has 2 amide bonds. The Kier molecular flexibility index (Phi) is 7.02. The zero-order valence-corrected chi connectivity index (χ0v) is 15.1. The number of rotatable bonds is 7. The summed E-state index contributed by atoms with van der Waals surface area (Å²) in [5.74, 6) is 0.312. The first kappa shape index (κ1) is 19.3. The summed E-state index contributed by atoms with van der Waals surface area (Å²) < 4.78 is 5.50. The minimum Gasteiger partial charge on any atom is -0.465 e. The van der Waals surface area contributed by atoms with Gasteiger partial charge in [0.05, 0.1) is 5.69 Å². The normalized spacial score (nSPS) is 10.2. The molecular formula is C20H24N2O4. The van der Waals surface area contributed by atoms with Crippen LogP contribution < -0.4 is 14.5 Å². The van der Waals surface area contributed by atoms with E-state index in [4.69, 9.17) is 4.74 Å². The van der Waals surface area contributed by atoms with E-state index in [1.165, 1.54) is 4.90 Å². The Balaban J connectivity index is 2.19. The van der Waals surface area contributed by atoms with Crippen LogP contribution in [0.15, 0.2) is 54.6 Å². The van der Waals surface area contributed by atoms with Crippen molar-refractivity contribution >= 4 is 23.6 Å². The lowest BCUT2D eigenvalue weighted by atomic mass is 10.2. The maximum absolute atomic E-state index is 12.6. The molecule has 0 spiro atoms. The van der Waals surface area contributed by atoms with Crippen LogP contribution in [-0.4, -0.2) is 30.4 Å². The van der Waals surface area contributed by atoms with Crippen molar-refractivity contribution in [1.82, 2.24) is 0 Å². The summed E-state index contributed by atoms with van der Waals surface area (Å²) in [4.78, 5) is 26.8. The zero-order valence-electron chi connectivity index (χ0n) is 15.1. The minimum absolute atomic E-state index is 0.312. The first-order valence-electron chi connectivity index (χ1n) is 8.71. The van der Waals surface area contributed by atoms with E-state index in [0.29, 0.717) is 30.9 Å². The number of carbonyl (C=O) groups is 2. The van der Waals surface area contributed by atoms with E-state index in [0.717, 1.165) is 12.1 Å². The molecule has 0 saturated carbocycles. The Bertz CT molecular complexity index is 734. The van der Waals surface area contributed by atoms with Crippen LogP contribution in [0.5, 0.6) is 5.75 Å². The Morgan fingerprint density at radius 3 is 2.12 bits per heavy atom. The number of hydrogen-bond acceptors (Lipinski definition) is 3. The van der Waals surface area contributed by atoms with Crippen molar-refractivity contribution in [3.8, 4) is 5.75 Å². The molecule has 2 rings (SSSR count). The highest BCUT2D eigenvalue weighted by atomic mass is 16.6. The number of hydrogen-bond donors (Lipinski definition) is 1. The fourth-order valence-electron chi connectivity index (χ4n) is 2.59. The van der Waals surface area contributed by atoms with Gasteiger partial charge in [0.2, 0.25) is 0 Å². The number of nitrogens with zero attached hydrogens (tertiary/aromatic N) is 2. The summed E-state index contributed by atoms with van der Waals surface area (Å²) in [7, 11) is 0. The molecule has 0 saturated heterocycles. The van der Waals surface area contributed by atoms with Gasteiger partial charge in [-0.3, -0.25) is 9.80 Å². The Morgan fingerprint density at radius 1 is 0.885 bits per heavy atom. The van der Waals surface area contributed by atoms with Crippen LogP contribution >= 0.6 is 0 Å². The molecule has 0 aliphatic heterocycles. The molecule has 0 atom stereocenters. The first-order chi connectivity index (χ1) is 12.6. The van der Waals surface area contributed by atoms with Gasteiger partial charge in [0.15, 0.2) is 0 Å². The average molecular weight is 356 g/mol. The molecule has 26 heavy (non-hydrogen) atoms. The smallest absolute Gasteiger partial charge is 0.419 e. The van der Waals surface area contributed by atoms with Crippen molar-refractivity contribution in [2.24, 2.45) is 0 Å². The third-order valence-electron chi connectivity index (χ3n) is 3.75. The number of ether oxygens (including phenoxy) is 1. The van der Waals surface area contributed by atoms with E-state index >= 15 is 0 Å². The first-order valence-corrected chi connectivity index (χ1v) is 8.71. The third-order valence-corrected chi connectivity index (χ3v) is 3.75. The summed E-state index contributed by atoms with van der Waals surface area (Å²) in [6.07, 6.45) is -0.0538. The summed E-state index contributed by atoms with van der Waals surface area (Å²) in [5, 5.41) is 9.35. The molecule has 6 heteroatoms. The highest BCUT2D eigenvalue weighted by Crippen LogP contribution is 2.23. The van der Waals surface area contributed by atoms with Crippen LogP contribution in [0.25, 0.3) is 0 Å². The summed E-state index contributed by atoms with van der Waals surface area (Å²) in [6, 6.07) is 15.9. The molecule has 0 unspecified atom stereocenters. The summed E-state index contributed by atoms with van der Waals surface area (Å²) in [5.41, 5.74) is 1.24. The monoisotopic (exact) mass is 356 g/mol. The lowest BCUT2D eigenvalue weighted by Gasteiger charge is -2.22. The average Bonchev–Trinajstić information content (AvgIpc) is 2.64. The molecule has 0 heterocycles. The van der Waals surface area contributed by atoms with Gasteiger partial charge in [0, 0.05) is 24.8 Å². The second-order valence-electron chi connectivity index (χ2n) is 5.79. The Labute approximate surface area is 153 Å². The number of carbonyl (C=O) groups excluding carboxylic acids is 1. The summed E-state index contributed by atoms with van der Waals surface area (Å²) in [6.45, 7) is 4.79. The van der Waals surface area contributed by atoms with E-state index in [2.05, 4.69) is 0 Å². The maximum atomic E-state index is 12.6. The quantitative estimate of drug-likeness (QED) is 0.758. The van der Waals surface area contributed by atoms with Gasteiger partial charge in [-0.25, -0.2) is 9.59 Å². The molecule has 0 radical (unpaired) electrons. The van der Waals surface area contributed by atoms with Crippen LogP contribution in [0.2, 0.25) is 0 Å². The van der Waals surface area contributed by atoms with Gasteiger partial charge in [0.1, 0.15) is 5.75 Å². The van der Waals surface area contributed by atoms with Crippen LogP contribution in [-0.2, 0) is 0 Å². The van der Waals surface area contributed by atoms with Crippen molar-refractivity contribution in [2.75, 3.05) is 22.9 Å². The van der Waals surface area contributed by atoms with Crippen molar-refractivity contribution in [1.29, 1.82) is 0 Å². The third kappa shape index (κ3) is 4.99. The predicted molar refractivity (Wildman–Crippen MR) is 102 cm³/mol. The van der Waals surface area contributed by atoms with E-state index in [9.17, 15) is 14.7 Å². The van der Waals surface area contributed by atoms with Gasteiger partial charge in [0.25, 0.3) is 0 Å². The van der Waals surface area contributed by atoms with Crippen molar-refractivity contribution in [2.45, 2.75) is 26.7 Å². The second kappa shape index (κ2) is 9.46. The molecule has 138 valence electrons. The van der Waals surface area contributed by atoms with E-state index in [1.54, 1.807) is 29.2 Å². The molecule has 0 aliphatic rings. The molecule has 2 aromatic carbocycles. The number of anilines is 2. The van der Waals surface area contributed by atoms with Crippen LogP contribution in [0, 0.1) is 0 Å². The second-order valence-corrected chi connectivity index (χ2v) is 5.79. The van der Waals surface area contributed by atoms with Crippen molar-refractivity contribution in [3.05, 3.63) is 54.6 Å². The van der Waals surface area contributed by atoms with Gasteiger partial charge in [-0.1, -0.05) is 38.1 Å². The molecule has 0 fully saturated rings. The number of amides is 2. The van der Waals surface area contributed by atoms with E-state index < -0.39 is 12.2 Å². The topological polar surface area (TPSA) is 70.1 Å². The highest BCUT2D eigenvalue weighted by Gasteiger charge is 2.18. The molecule has 6 nitrogen and oxygen atoms in total. The molecular weight excluding hydrogens is 332 g/mol. The molecule has 0 aliphatic carbocycles. The Morgan fingerprint density at radius 2 is 1.50 bits per heavy atom. The van der Waals surface area contributed by atoms with Crippen LogP contribution in [0.1, 0.15) is 26.7 Å². The predicted octanol–water partition coefficient (Wildman–Crippen LogP) is 5.00. The standard InChI is InChI=1S/C20H24N2O4/c1-3-13-21(19(23)24)17-11-8-12-18(15-17)26-20(25)22(14-4-2)16-9-6-5-7-10-16/h5-12,15H,3-4,13-14H2,1-2H3,(H,23,24). The molecule has 2 aromatic rings. The highest BCUT2D eigenvalue weighted by molar-refractivity contribution is 5.90. The van der Waals surface area contributed by atoms with Crippen molar-refractivity contribution in [3.63, 3.8) is 0 Å². The molecule has 0 bridgehead atoms. The number of benzene rings is 2. The summed E-state index contributed by atoms with van der Waals surface area (Å²) >= 11 is 0. The minimum atomic E-state index is -1.03. The van der Waals surface area contributed by atoms with Crippen molar-refractivity contribution < 1.29 is 19.4 Å². The van der Waals surface area contributed by atoms with Gasteiger partial charge in [-0.2, -0.15) is 0 Å². The lowest BCUT2D eigenvalue weighted by Crippen LogP contribution is -2.34. The number of carboxylic acid groups (broad SMARTS) is 1. The van der Waals surface area contributed by atoms with Gasteiger partial charge in [-0.05, 0) is 37.1 Å². The van der Waals surface area contributed by atoms with Gasteiger partial charge in [-0.15, -0.1) is 0 Å². The van der Waals surface area contributed by atoms with E-state index in [1.807, 2.05) is 44.2 Å². The molecule has 1 N–H and O–H groups in total. The van der Waals surface area contributed by atoms with Crippen LogP contribution in [0.3, 0.4) is 0 Å². The fourth-order valence-corrected chi connectivity index (χ4v) is 2.59. The SMILES string of the molecule is CCCN(C(=O)O)c1cccc(OC(=O)N(CCC)c2ccccc2)c1. The maximum Gasteiger partial charge on any atom is 0.419 e. The number of para-hydroxylation sites is 1. The largest absolute Gasteiger partial charge is 0.465 e. The van der Waals surface area contributed by atoms with Gasteiger partial charge >= 0.3 is 12.2 Å². The lowest BCUT2D eigenvalue weighted by molar-refractivity contribution is 0.202. The Hall–Kier alpha value is -3.02. The van der Waals surface area contributed by atoms with E-state index in [-0.39, 0.29) is 0 Å². The molecule has 0 aromatic heterocycles. The van der Waals surface area contributed by atoms with Crippen LogP contribution in [0.4, 0.5) is 21.0 Å². The zero-order chi connectivity index (χ0) is 18.9. The van der Waals surface area contributed by atoms with Gasteiger partial charge < -0.3 is 9.84 Å². The fraction of sp³-hybridized carbons (Fsp3) is 0.300.